The van der Waals surface area contributed by atoms with Gasteiger partial charge >= 0.3 is 0 Å². The number of fused-ring (bicyclic) bond motifs is 1. The van der Waals surface area contributed by atoms with Gasteiger partial charge in [0.1, 0.15) is 0 Å². The van der Waals surface area contributed by atoms with Gasteiger partial charge in [0.05, 0.1) is 5.92 Å². The number of amides is 1. The summed E-state index contributed by atoms with van der Waals surface area (Å²) in [7, 11) is 0. The van der Waals surface area contributed by atoms with Crippen LogP contribution in [0.5, 0.6) is 0 Å². The van der Waals surface area contributed by atoms with Gasteiger partial charge in [-0.3, -0.25) is 10.0 Å². The van der Waals surface area contributed by atoms with E-state index < -0.39 is 5.91 Å². The van der Waals surface area contributed by atoms with Crippen molar-refractivity contribution < 1.29 is 10.0 Å². The lowest BCUT2D eigenvalue weighted by Crippen LogP contribution is -2.45. The number of hydroxylamine groups is 1. The van der Waals surface area contributed by atoms with E-state index in [1.54, 1.807) is 5.48 Å². The van der Waals surface area contributed by atoms with Crippen molar-refractivity contribution in [3.8, 4) is 0 Å². The Hall–Kier alpha value is -1.10. The lowest BCUT2D eigenvalue weighted by atomic mass is 9.80. The molecule has 0 radical (unpaired) electrons. The third kappa shape index (κ3) is 2.35. The Labute approximate surface area is 100 Å². The van der Waals surface area contributed by atoms with Gasteiger partial charge in [-0.25, -0.2) is 5.48 Å². The lowest BCUT2D eigenvalue weighted by molar-refractivity contribution is -0.134. The fourth-order valence-corrected chi connectivity index (χ4v) is 2.11. The van der Waals surface area contributed by atoms with Crippen LogP contribution in [-0.2, 0) is 17.6 Å². The first kappa shape index (κ1) is 13.0. The van der Waals surface area contributed by atoms with Crippen LogP contribution in [0.1, 0.15) is 11.1 Å². The average molecular weight is 243 g/mol. The first-order valence-electron chi connectivity index (χ1n) is 4.98. The minimum atomic E-state index is -0.392. The van der Waals surface area contributed by atoms with Crippen molar-refractivity contribution in [3.05, 3.63) is 35.4 Å². The Morgan fingerprint density at radius 3 is 2.44 bits per heavy atom. The Balaban J connectivity index is 0.00000128. The molecule has 1 aromatic rings. The summed E-state index contributed by atoms with van der Waals surface area (Å²) in [5, 5.41) is 8.60. The fraction of sp³-hybridized carbons (Fsp3) is 0.364. The molecule has 2 rings (SSSR count). The first-order chi connectivity index (χ1) is 7.22. The van der Waals surface area contributed by atoms with Gasteiger partial charge in [-0.05, 0) is 24.0 Å². The summed E-state index contributed by atoms with van der Waals surface area (Å²) in [6, 6.07) is 7.73. The van der Waals surface area contributed by atoms with Gasteiger partial charge in [0, 0.05) is 6.04 Å². The van der Waals surface area contributed by atoms with Crippen molar-refractivity contribution in [1.82, 2.24) is 5.48 Å². The van der Waals surface area contributed by atoms with Gasteiger partial charge in [-0.1, -0.05) is 24.3 Å². The number of halogens is 1. The smallest absolute Gasteiger partial charge is 0.248 e. The molecule has 1 aromatic carbocycles. The second-order valence-electron chi connectivity index (χ2n) is 3.92. The Morgan fingerprint density at radius 2 is 1.88 bits per heavy atom. The molecule has 1 amide bonds. The van der Waals surface area contributed by atoms with Crippen LogP contribution < -0.4 is 11.2 Å². The third-order valence-corrected chi connectivity index (χ3v) is 2.98. The predicted molar refractivity (Wildman–Crippen MR) is 62.5 cm³/mol. The van der Waals surface area contributed by atoms with Crippen LogP contribution in [0, 0.1) is 5.92 Å². The maximum absolute atomic E-state index is 11.3. The van der Waals surface area contributed by atoms with Gasteiger partial charge in [-0.2, -0.15) is 0 Å². The summed E-state index contributed by atoms with van der Waals surface area (Å²) >= 11 is 0. The summed E-state index contributed by atoms with van der Waals surface area (Å²) in [4.78, 5) is 11.3. The van der Waals surface area contributed by atoms with Gasteiger partial charge in [0.2, 0.25) is 5.91 Å². The highest BCUT2D eigenvalue weighted by molar-refractivity contribution is 5.85. The molecule has 88 valence electrons. The third-order valence-electron chi connectivity index (χ3n) is 2.98. The molecule has 4 N–H and O–H groups in total. The Kier molecular flexibility index (Phi) is 4.29. The van der Waals surface area contributed by atoms with Crippen LogP contribution in [0.25, 0.3) is 0 Å². The van der Waals surface area contributed by atoms with Crippen LogP contribution in [0.2, 0.25) is 0 Å². The quantitative estimate of drug-likeness (QED) is 0.500. The highest BCUT2D eigenvalue weighted by Gasteiger charge is 2.30. The number of rotatable bonds is 1. The van der Waals surface area contributed by atoms with Crippen molar-refractivity contribution in [2.24, 2.45) is 11.7 Å². The molecular formula is C11H15ClN2O2. The van der Waals surface area contributed by atoms with E-state index >= 15 is 0 Å². The van der Waals surface area contributed by atoms with Crippen LogP contribution in [0.4, 0.5) is 0 Å². The Bertz CT molecular complexity index is 384. The summed E-state index contributed by atoms with van der Waals surface area (Å²) < 4.78 is 0. The van der Waals surface area contributed by atoms with Gasteiger partial charge in [-0.15, -0.1) is 12.4 Å². The predicted octanol–water partition coefficient (Wildman–Crippen LogP) is 0.656. The molecule has 1 aliphatic carbocycles. The van der Waals surface area contributed by atoms with Crippen molar-refractivity contribution in [2.75, 3.05) is 0 Å². The molecule has 0 aliphatic heterocycles. The zero-order valence-electron chi connectivity index (χ0n) is 8.72. The van der Waals surface area contributed by atoms with E-state index in [1.807, 2.05) is 24.3 Å². The second kappa shape index (κ2) is 5.30. The topological polar surface area (TPSA) is 75.4 Å². The summed E-state index contributed by atoms with van der Waals surface area (Å²) in [6.07, 6.45) is 1.29. The number of carbonyl (C=O) groups is 1. The Morgan fingerprint density at radius 1 is 1.31 bits per heavy atom. The normalized spacial score (nSPS) is 22.9. The largest absolute Gasteiger partial charge is 0.327 e. The number of nitrogens with two attached hydrogens (primary N) is 1. The monoisotopic (exact) mass is 242 g/mol. The first-order valence-corrected chi connectivity index (χ1v) is 4.98. The van der Waals surface area contributed by atoms with E-state index in [2.05, 4.69) is 0 Å². The number of nitrogens with one attached hydrogen (secondary N) is 1. The van der Waals surface area contributed by atoms with Gasteiger partial charge in [0.25, 0.3) is 0 Å². The maximum Gasteiger partial charge on any atom is 0.248 e. The van der Waals surface area contributed by atoms with Crippen molar-refractivity contribution in [3.63, 3.8) is 0 Å². The number of hydrogen-bond acceptors (Lipinski definition) is 3. The molecule has 4 nitrogen and oxygen atoms in total. The highest BCUT2D eigenvalue weighted by atomic mass is 35.5. The minimum Gasteiger partial charge on any atom is -0.327 e. The fourth-order valence-electron chi connectivity index (χ4n) is 2.11. The van der Waals surface area contributed by atoms with Crippen molar-refractivity contribution in [1.29, 1.82) is 0 Å². The number of hydrogen-bond donors (Lipinski definition) is 3. The highest BCUT2D eigenvalue weighted by Crippen LogP contribution is 2.24. The molecule has 1 aliphatic rings. The van der Waals surface area contributed by atoms with Crippen LogP contribution in [0.15, 0.2) is 24.3 Å². The standard InChI is InChI=1S/C11H14N2O2.ClH/c12-10-6-8-4-2-1-3-7(8)5-9(10)11(14)13-15;/h1-4,9-10,15H,5-6,12H2,(H,13,14);1H. The molecule has 0 fully saturated rings. The maximum atomic E-state index is 11.3. The van der Waals surface area contributed by atoms with E-state index in [9.17, 15) is 4.79 Å². The molecule has 0 saturated heterocycles. The molecule has 0 aromatic heterocycles. The molecular weight excluding hydrogens is 228 g/mol. The molecule has 16 heavy (non-hydrogen) atoms. The molecule has 2 unspecified atom stereocenters. The van der Waals surface area contributed by atoms with Gasteiger partial charge < -0.3 is 5.73 Å². The number of carbonyl (C=O) groups excluding carboxylic acids is 1. The summed E-state index contributed by atoms with van der Waals surface area (Å²) in [6.45, 7) is 0. The lowest BCUT2D eigenvalue weighted by Gasteiger charge is -2.28. The van der Waals surface area contributed by atoms with E-state index in [0.717, 1.165) is 5.56 Å². The van der Waals surface area contributed by atoms with Crippen molar-refractivity contribution in [2.45, 2.75) is 18.9 Å². The molecule has 0 bridgehead atoms. The van der Waals surface area contributed by atoms with E-state index in [1.165, 1.54) is 5.56 Å². The number of benzene rings is 1. The molecule has 0 heterocycles. The molecule has 2 atom stereocenters. The average Bonchev–Trinajstić information content (AvgIpc) is 2.27. The van der Waals surface area contributed by atoms with Crippen molar-refractivity contribution >= 4 is 18.3 Å². The molecule has 0 saturated carbocycles. The molecule has 0 spiro atoms. The van der Waals surface area contributed by atoms with Crippen LogP contribution in [-0.4, -0.2) is 17.2 Å². The second-order valence-corrected chi connectivity index (χ2v) is 3.92. The van der Waals surface area contributed by atoms with E-state index in [-0.39, 0.29) is 24.4 Å². The SMILES string of the molecule is Cl.NC1Cc2ccccc2CC1C(=O)NO. The zero-order valence-corrected chi connectivity index (χ0v) is 9.54. The van der Waals surface area contributed by atoms with E-state index in [4.69, 9.17) is 10.9 Å². The minimum absolute atomic E-state index is 0. The summed E-state index contributed by atoms with van der Waals surface area (Å²) in [5.74, 6) is -0.720. The zero-order chi connectivity index (χ0) is 10.8. The summed E-state index contributed by atoms with van der Waals surface area (Å²) in [5.41, 5.74) is 9.92. The van der Waals surface area contributed by atoms with Crippen LogP contribution in [0.3, 0.4) is 0 Å². The molecule has 5 heteroatoms. The van der Waals surface area contributed by atoms with Gasteiger partial charge in [0.15, 0.2) is 0 Å². The van der Waals surface area contributed by atoms with Crippen LogP contribution >= 0.6 is 12.4 Å². The van der Waals surface area contributed by atoms with E-state index in [0.29, 0.717) is 12.8 Å².